The number of carbonyl (C=O) groups excluding carboxylic acids is 1. The number of aryl methyl sites for hydroxylation is 1. The Bertz CT molecular complexity index is 692. The van der Waals surface area contributed by atoms with Crippen molar-refractivity contribution in [3.63, 3.8) is 0 Å². The van der Waals surface area contributed by atoms with Crippen molar-refractivity contribution in [1.29, 1.82) is 0 Å². The van der Waals surface area contributed by atoms with Crippen LogP contribution in [0.1, 0.15) is 38.6 Å². The molecule has 25 heavy (non-hydrogen) atoms. The number of nitrogens with zero attached hydrogens (tertiary/aromatic N) is 2. The first kappa shape index (κ1) is 19.0. The minimum atomic E-state index is -0.264. The fraction of sp³-hybridized carbons (Fsp3) is 0.474. The molecule has 2 amide bonds. The number of nitrogens with one attached hydrogen (secondary N) is 2. The number of rotatable bonds is 7. The van der Waals surface area contributed by atoms with Crippen LogP contribution in [0.4, 0.5) is 10.5 Å². The van der Waals surface area contributed by atoms with Crippen LogP contribution in [0.2, 0.25) is 0 Å². The molecule has 0 bridgehead atoms. The molecule has 1 heterocycles. The third-order valence-electron chi connectivity index (χ3n) is 4.22. The molecule has 1 aromatic heterocycles. The van der Waals surface area contributed by atoms with Gasteiger partial charge in [-0.2, -0.15) is 0 Å². The van der Waals surface area contributed by atoms with Gasteiger partial charge in [0.2, 0.25) is 0 Å². The average Bonchev–Trinajstić information content (AvgIpc) is 2.93. The predicted octanol–water partition coefficient (Wildman–Crippen LogP) is 3.56. The smallest absolute Gasteiger partial charge is 0.319 e. The molecule has 1 aromatic carbocycles. The number of aromatic nitrogens is 2. The summed E-state index contributed by atoms with van der Waals surface area (Å²) in [7, 11) is 1.68. The number of hydrogen-bond donors (Lipinski definition) is 2. The highest BCUT2D eigenvalue weighted by atomic mass is 16.5. The van der Waals surface area contributed by atoms with Crippen LogP contribution in [0.25, 0.3) is 0 Å². The summed E-state index contributed by atoms with van der Waals surface area (Å²) < 4.78 is 7.47. The summed E-state index contributed by atoms with van der Waals surface area (Å²) in [6.45, 7) is 8.72. The lowest BCUT2D eigenvalue weighted by Gasteiger charge is -2.27. The number of carbonyl (C=O) groups is 1. The normalized spacial score (nSPS) is 12.7. The van der Waals surface area contributed by atoms with Gasteiger partial charge in [0.05, 0.1) is 5.60 Å². The molecule has 1 atom stereocenters. The number of methoxy groups -OCH3 is 1. The zero-order valence-electron chi connectivity index (χ0n) is 15.7. The molecule has 0 aliphatic rings. The molecule has 136 valence electrons. The number of benzene rings is 1. The van der Waals surface area contributed by atoms with Crippen molar-refractivity contribution in [2.45, 2.75) is 52.3 Å². The van der Waals surface area contributed by atoms with Crippen LogP contribution < -0.4 is 10.6 Å². The maximum Gasteiger partial charge on any atom is 0.319 e. The second-order valence-electron chi connectivity index (χ2n) is 6.97. The van der Waals surface area contributed by atoms with E-state index >= 15 is 0 Å². The number of urea groups is 1. The van der Waals surface area contributed by atoms with Crippen LogP contribution in [0.15, 0.2) is 36.7 Å². The molecule has 0 radical (unpaired) electrons. The average molecular weight is 344 g/mol. The first-order chi connectivity index (χ1) is 11.8. The Hall–Kier alpha value is -2.34. The van der Waals surface area contributed by atoms with Crippen molar-refractivity contribution < 1.29 is 9.53 Å². The van der Waals surface area contributed by atoms with E-state index < -0.39 is 0 Å². The highest BCUT2D eigenvalue weighted by molar-refractivity contribution is 5.89. The lowest BCUT2D eigenvalue weighted by atomic mass is 10.00. The summed E-state index contributed by atoms with van der Waals surface area (Å²) in [6, 6.07) is 7.63. The van der Waals surface area contributed by atoms with Crippen molar-refractivity contribution in [1.82, 2.24) is 14.9 Å². The van der Waals surface area contributed by atoms with Gasteiger partial charge in [-0.05, 0) is 51.8 Å². The Balaban J connectivity index is 1.86. The van der Waals surface area contributed by atoms with Crippen LogP contribution in [0.3, 0.4) is 0 Å². The van der Waals surface area contributed by atoms with Crippen molar-refractivity contribution in [3.8, 4) is 0 Å². The SMILES string of the molecule is COC(C)(C)CC(C)NC(=O)Nc1ccc(Cn2ccnc2C)cc1. The second kappa shape index (κ2) is 8.16. The van der Waals surface area contributed by atoms with Crippen molar-refractivity contribution in [3.05, 3.63) is 48.0 Å². The van der Waals surface area contributed by atoms with Gasteiger partial charge in [-0.3, -0.25) is 0 Å². The molecular weight excluding hydrogens is 316 g/mol. The molecule has 0 aliphatic carbocycles. The van der Waals surface area contributed by atoms with Gasteiger partial charge in [0.15, 0.2) is 0 Å². The molecule has 0 aliphatic heterocycles. The van der Waals surface area contributed by atoms with Crippen molar-refractivity contribution >= 4 is 11.7 Å². The topological polar surface area (TPSA) is 68.2 Å². The lowest BCUT2D eigenvalue weighted by molar-refractivity contribution is 0.00963. The number of amides is 2. The Morgan fingerprint density at radius 1 is 1.32 bits per heavy atom. The minimum Gasteiger partial charge on any atom is -0.379 e. The Morgan fingerprint density at radius 3 is 2.56 bits per heavy atom. The Labute approximate surface area is 149 Å². The first-order valence-electron chi connectivity index (χ1n) is 8.48. The Morgan fingerprint density at radius 2 is 2.00 bits per heavy atom. The van der Waals surface area contributed by atoms with E-state index in [9.17, 15) is 4.79 Å². The van der Waals surface area contributed by atoms with E-state index in [1.807, 2.05) is 58.2 Å². The number of anilines is 1. The molecular formula is C19H28N4O2. The van der Waals surface area contributed by atoms with E-state index in [1.54, 1.807) is 13.3 Å². The molecule has 0 saturated carbocycles. The van der Waals surface area contributed by atoms with E-state index in [0.29, 0.717) is 0 Å². The first-order valence-corrected chi connectivity index (χ1v) is 8.48. The third-order valence-corrected chi connectivity index (χ3v) is 4.22. The van der Waals surface area contributed by atoms with Crippen LogP contribution in [0, 0.1) is 6.92 Å². The third kappa shape index (κ3) is 5.90. The fourth-order valence-electron chi connectivity index (χ4n) is 2.72. The van der Waals surface area contributed by atoms with Crippen LogP contribution in [0.5, 0.6) is 0 Å². The van der Waals surface area contributed by atoms with E-state index in [4.69, 9.17) is 4.74 Å². The molecule has 2 aromatic rings. The zero-order chi connectivity index (χ0) is 18.4. The number of ether oxygens (including phenoxy) is 1. The molecule has 0 fully saturated rings. The molecule has 2 N–H and O–H groups in total. The van der Waals surface area contributed by atoms with Crippen molar-refractivity contribution in [2.24, 2.45) is 0 Å². The van der Waals surface area contributed by atoms with Gasteiger partial charge in [0.25, 0.3) is 0 Å². The van der Waals surface area contributed by atoms with Crippen LogP contribution >= 0.6 is 0 Å². The standard InChI is InChI=1S/C19H28N4O2/c1-14(12-19(3,4)25-5)21-18(24)22-17-8-6-16(7-9-17)13-23-11-10-20-15(23)2/h6-11,14H,12-13H2,1-5H3,(H2,21,22,24). The summed E-state index contributed by atoms with van der Waals surface area (Å²) in [5.74, 6) is 0.981. The van der Waals surface area contributed by atoms with Crippen molar-refractivity contribution in [2.75, 3.05) is 12.4 Å². The van der Waals surface area contributed by atoms with Crippen LogP contribution in [-0.4, -0.2) is 34.3 Å². The van der Waals surface area contributed by atoms with Gasteiger partial charge < -0.3 is 19.9 Å². The van der Waals surface area contributed by atoms with E-state index in [2.05, 4.69) is 20.2 Å². The molecule has 2 rings (SSSR count). The van der Waals surface area contributed by atoms with Gasteiger partial charge >= 0.3 is 6.03 Å². The Kier molecular flexibility index (Phi) is 6.20. The van der Waals surface area contributed by atoms with Gasteiger partial charge in [-0.15, -0.1) is 0 Å². The van der Waals surface area contributed by atoms with E-state index in [1.165, 1.54) is 0 Å². The number of imidazole rings is 1. The van der Waals surface area contributed by atoms with Crippen LogP contribution in [-0.2, 0) is 11.3 Å². The molecule has 1 unspecified atom stereocenters. The monoisotopic (exact) mass is 344 g/mol. The molecule has 6 nitrogen and oxygen atoms in total. The summed E-state index contributed by atoms with van der Waals surface area (Å²) >= 11 is 0. The number of hydrogen-bond acceptors (Lipinski definition) is 3. The van der Waals surface area contributed by atoms with Gasteiger partial charge in [0, 0.05) is 37.8 Å². The molecule has 6 heteroatoms. The van der Waals surface area contributed by atoms with Gasteiger partial charge in [-0.25, -0.2) is 9.78 Å². The zero-order valence-corrected chi connectivity index (χ0v) is 15.7. The van der Waals surface area contributed by atoms with E-state index in [0.717, 1.165) is 30.0 Å². The highest BCUT2D eigenvalue weighted by Crippen LogP contribution is 2.16. The summed E-state index contributed by atoms with van der Waals surface area (Å²) in [4.78, 5) is 16.3. The maximum absolute atomic E-state index is 12.1. The maximum atomic E-state index is 12.1. The van der Waals surface area contributed by atoms with Gasteiger partial charge in [-0.1, -0.05) is 12.1 Å². The minimum absolute atomic E-state index is 0.0124. The fourth-order valence-corrected chi connectivity index (χ4v) is 2.72. The molecule has 0 spiro atoms. The summed E-state index contributed by atoms with van der Waals surface area (Å²) in [6.07, 6.45) is 4.49. The predicted molar refractivity (Wildman–Crippen MR) is 99.8 cm³/mol. The molecule has 0 saturated heterocycles. The summed E-state index contributed by atoms with van der Waals surface area (Å²) in [5, 5.41) is 5.80. The van der Waals surface area contributed by atoms with Gasteiger partial charge in [0.1, 0.15) is 5.82 Å². The summed E-state index contributed by atoms with van der Waals surface area (Å²) in [5.41, 5.74) is 1.66. The largest absolute Gasteiger partial charge is 0.379 e. The van der Waals surface area contributed by atoms with E-state index in [-0.39, 0.29) is 17.7 Å². The quantitative estimate of drug-likeness (QED) is 0.807. The lowest BCUT2D eigenvalue weighted by Crippen LogP contribution is -2.40. The highest BCUT2D eigenvalue weighted by Gasteiger charge is 2.21. The second-order valence-corrected chi connectivity index (χ2v) is 6.97.